The Bertz CT molecular complexity index is 494. The Morgan fingerprint density at radius 2 is 2.25 bits per heavy atom. The van der Waals surface area contributed by atoms with Crippen molar-refractivity contribution in [1.29, 1.82) is 0 Å². The van der Waals surface area contributed by atoms with Crippen LogP contribution in [0.2, 0.25) is 0 Å². The van der Waals surface area contributed by atoms with E-state index in [1.165, 1.54) is 12.1 Å². The third-order valence-corrected chi connectivity index (χ3v) is 2.37. The largest absolute Gasteiger partial charge is 0.429 e. The predicted molar refractivity (Wildman–Crippen MR) is 60.0 cm³/mol. The summed E-state index contributed by atoms with van der Waals surface area (Å²) in [5.74, 6) is 0.529. The molecule has 0 saturated carbocycles. The zero-order valence-corrected chi connectivity index (χ0v) is 9.25. The molecule has 2 aromatic rings. The van der Waals surface area contributed by atoms with E-state index in [0.717, 1.165) is 17.0 Å². The van der Waals surface area contributed by atoms with Crippen molar-refractivity contribution in [3.63, 3.8) is 0 Å². The third-order valence-electron chi connectivity index (χ3n) is 2.37. The smallest absolute Gasteiger partial charge is 0.294 e. The fourth-order valence-electron chi connectivity index (χ4n) is 1.54. The number of aryl methyl sites for hydroxylation is 1. The average Bonchev–Trinajstić information content (AvgIpc) is 2.60. The molecule has 0 radical (unpaired) electrons. The summed E-state index contributed by atoms with van der Waals surface area (Å²) in [6.07, 6.45) is 0.578. The van der Waals surface area contributed by atoms with E-state index in [1.54, 1.807) is 13.1 Å². The zero-order valence-electron chi connectivity index (χ0n) is 9.25. The van der Waals surface area contributed by atoms with Crippen molar-refractivity contribution in [2.24, 2.45) is 0 Å². The Balaban J connectivity index is 2.23. The topological polar surface area (TPSA) is 38.1 Å². The molecule has 0 unspecified atom stereocenters. The molecule has 2 rings (SSSR count). The molecule has 16 heavy (non-hydrogen) atoms. The number of aromatic nitrogens is 1. The Hall–Kier alpha value is -1.84. The molecule has 1 N–H and O–H groups in total. The van der Waals surface area contributed by atoms with E-state index in [-0.39, 0.29) is 5.82 Å². The molecular weight excluding hydrogens is 207 g/mol. The van der Waals surface area contributed by atoms with Crippen LogP contribution in [0, 0.1) is 12.7 Å². The maximum atomic E-state index is 13.0. The number of oxazole rings is 1. The first-order chi connectivity index (χ1) is 7.69. The van der Waals surface area contributed by atoms with Gasteiger partial charge in [0.2, 0.25) is 0 Å². The molecule has 0 atom stereocenters. The van der Waals surface area contributed by atoms with Crippen molar-refractivity contribution in [2.45, 2.75) is 13.3 Å². The Morgan fingerprint density at radius 1 is 1.44 bits per heavy atom. The van der Waals surface area contributed by atoms with Gasteiger partial charge >= 0.3 is 0 Å². The first-order valence-electron chi connectivity index (χ1n) is 5.07. The van der Waals surface area contributed by atoms with Crippen LogP contribution >= 0.6 is 0 Å². The van der Waals surface area contributed by atoms with Gasteiger partial charge in [0.25, 0.3) is 6.01 Å². The SMILES string of the molecule is CNc1nc(Cc2cccc(F)c2)c(C)o1. The number of halogens is 1. The van der Waals surface area contributed by atoms with E-state index < -0.39 is 0 Å². The maximum absolute atomic E-state index is 13.0. The van der Waals surface area contributed by atoms with Crippen LogP contribution in [0.3, 0.4) is 0 Å². The van der Waals surface area contributed by atoms with Crippen LogP contribution in [0.5, 0.6) is 0 Å². The molecule has 1 heterocycles. The van der Waals surface area contributed by atoms with E-state index in [2.05, 4.69) is 10.3 Å². The standard InChI is InChI=1S/C12H13FN2O/c1-8-11(15-12(14-2)16-8)7-9-4-3-5-10(13)6-9/h3-6H,7H2,1-2H3,(H,14,15). The highest BCUT2D eigenvalue weighted by Gasteiger charge is 2.09. The lowest BCUT2D eigenvalue weighted by Gasteiger charge is -1.98. The van der Waals surface area contributed by atoms with Crippen molar-refractivity contribution in [3.8, 4) is 0 Å². The third kappa shape index (κ3) is 2.21. The van der Waals surface area contributed by atoms with Gasteiger partial charge in [-0.3, -0.25) is 0 Å². The number of hydrogen-bond acceptors (Lipinski definition) is 3. The van der Waals surface area contributed by atoms with Crippen molar-refractivity contribution < 1.29 is 8.81 Å². The number of benzene rings is 1. The van der Waals surface area contributed by atoms with Gasteiger partial charge in [-0.25, -0.2) is 4.39 Å². The molecule has 0 aliphatic heterocycles. The molecular formula is C12H13FN2O. The highest BCUT2D eigenvalue weighted by atomic mass is 19.1. The molecule has 0 spiro atoms. The molecule has 1 aromatic heterocycles. The summed E-state index contributed by atoms with van der Waals surface area (Å²) in [6.45, 7) is 1.85. The van der Waals surface area contributed by atoms with Crippen molar-refractivity contribution in [1.82, 2.24) is 4.98 Å². The van der Waals surface area contributed by atoms with E-state index >= 15 is 0 Å². The Kier molecular flexibility index (Phi) is 2.90. The molecule has 0 aliphatic carbocycles. The van der Waals surface area contributed by atoms with E-state index in [0.29, 0.717) is 12.4 Å². The van der Waals surface area contributed by atoms with Crippen LogP contribution in [-0.4, -0.2) is 12.0 Å². The molecule has 0 bridgehead atoms. The summed E-state index contributed by atoms with van der Waals surface area (Å²) in [6, 6.07) is 6.99. The van der Waals surface area contributed by atoms with Crippen molar-refractivity contribution in [2.75, 3.05) is 12.4 Å². The predicted octanol–water partition coefficient (Wildman–Crippen LogP) is 2.75. The normalized spacial score (nSPS) is 10.4. The van der Waals surface area contributed by atoms with Gasteiger partial charge in [0.15, 0.2) is 0 Å². The molecule has 84 valence electrons. The Labute approximate surface area is 93.3 Å². The first kappa shape index (κ1) is 10.7. The summed E-state index contributed by atoms with van der Waals surface area (Å²) in [5, 5.41) is 2.83. The molecule has 3 nitrogen and oxygen atoms in total. The van der Waals surface area contributed by atoms with Crippen LogP contribution in [-0.2, 0) is 6.42 Å². The minimum atomic E-state index is -0.229. The lowest BCUT2D eigenvalue weighted by atomic mass is 10.1. The van der Waals surface area contributed by atoms with E-state index in [4.69, 9.17) is 4.42 Å². The number of rotatable bonds is 3. The molecule has 1 aromatic carbocycles. The first-order valence-corrected chi connectivity index (χ1v) is 5.07. The van der Waals surface area contributed by atoms with E-state index in [9.17, 15) is 4.39 Å². The molecule has 0 aliphatic rings. The molecule has 0 amide bonds. The second-order valence-corrected chi connectivity index (χ2v) is 3.58. The second-order valence-electron chi connectivity index (χ2n) is 3.58. The minimum Gasteiger partial charge on any atom is -0.429 e. The average molecular weight is 220 g/mol. The van der Waals surface area contributed by atoms with Gasteiger partial charge in [-0.15, -0.1) is 0 Å². The maximum Gasteiger partial charge on any atom is 0.294 e. The van der Waals surface area contributed by atoms with Gasteiger partial charge < -0.3 is 9.73 Å². The second kappa shape index (κ2) is 4.35. The highest BCUT2D eigenvalue weighted by Crippen LogP contribution is 2.17. The van der Waals surface area contributed by atoms with Crippen LogP contribution in [0.4, 0.5) is 10.4 Å². The van der Waals surface area contributed by atoms with Crippen LogP contribution in [0.1, 0.15) is 17.0 Å². The minimum absolute atomic E-state index is 0.229. The van der Waals surface area contributed by atoms with Gasteiger partial charge in [-0.05, 0) is 24.6 Å². The summed E-state index contributed by atoms with van der Waals surface area (Å²) in [4.78, 5) is 4.25. The quantitative estimate of drug-likeness (QED) is 0.864. The van der Waals surface area contributed by atoms with Crippen molar-refractivity contribution in [3.05, 3.63) is 47.1 Å². The van der Waals surface area contributed by atoms with Gasteiger partial charge in [-0.1, -0.05) is 12.1 Å². The summed E-state index contributed by atoms with van der Waals surface area (Å²) in [7, 11) is 1.75. The van der Waals surface area contributed by atoms with Gasteiger partial charge in [0.05, 0.1) is 5.69 Å². The molecule has 0 fully saturated rings. The lowest BCUT2D eigenvalue weighted by molar-refractivity contribution is 0.541. The lowest BCUT2D eigenvalue weighted by Crippen LogP contribution is -1.92. The van der Waals surface area contributed by atoms with Crippen molar-refractivity contribution >= 4 is 6.01 Å². The van der Waals surface area contributed by atoms with Crippen LogP contribution in [0.15, 0.2) is 28.7 Å². The van der Waals surface area contributed by atoms with Crippen LogP contribution < -0.4 is 5.32 Å². The summed E-state index contributed by atoms with van der Waals surface area (Å²) in [5.41, 5.74) is 1.72. The summed E-state index contributed by atoms with van der Waals surface area (Å²) < 4.78 is 18.3. The van der Waals surface area contributed by atoms with Gasteiger partial charge in [0.1, 0.15) is 11.6 Å². The molecule has 4 heteroatoms. The zero-order chi connectivity index (χ0) is 11.5. The number of anilines is 1. The van der Waals surface area contributed by atoms with Gasteiger partial charge in [0, 0.05) is 13.5 Å². The fourth-order valence-corrected chi connectivity index (χ4v) is 1.54. The monoisotopic (exact) mass is 220 g/mol. The van der Waals surface area contributed by atoms with Crippen LogP contribution in [0.25, 0.3) is 0 Å². The Morgan fingerprint density at radius 3 is 2.88 bits per heavy atom. The number of nitrogens with zero attached hydrogens (tertiary/aromatic N) is 1. The number of hydrogen-bond donors (Lipinski definition) is 1. The van der Waals surface area contributed by atoms with E-state index in [1.807, 2.05) is 13.0 Å². The number of nitrogens with one attached hydrogen (secondary N) is 1. The highest BCUT2D eigenvalue weighted by molar-refractivity contribution is 5.29. The molecule has 0 saturated heterocycles. The fraction of sp³-hybridized carbons (Fsp3) is 0.250. The summed E-state index contributed by atoms with van der Waals surface area (Å²) >= 11 is 0. The van der Waals surface area contributed by atoms with Gasteiger partial charge in [-0.2, -0.15) is 4.98 Å².